The van der Waals surface area contributed by atoms with Gasteiger partial charge in [-0.05, 0) is 20.8 Å². The van der Waals surface area contributed by atoms with Crippen molar-refractivity contribution in [3.63, 3.8) is 0 Å². The topological polar surface area (TPSA) is 81.3 Å². The van der Waals surface area contributed by atoms with Crippen molar-refractivity contribution in [2.75, 3.05) is 5.32 Å². The van der Waals surface area contributed by atoms with Gasteiger partial charge in [0.15, 0.2) is 10.8 Å². The monoisotopic (exact) mass is 317 g/mol. The number of carbonyl (C=O) groups is 1. The second-order valence-electron chi connectivity index (χ2n) is 5.76. The minimum atomic E-state index is -0.468. The van der Waals surface area contributed by atoms with Gasteiger partial charge in [0.1, 0.15) is 5.69 Å². The molecule has 114 valence electrons. The molecule has 1 N–H and O–H groups in total. The minimum absolute atomic E-state index is 0.228. The van der Waals surface area contributed by atoms with Gasteiger partial charge in [0.25, 0.3) is 11.5 Å². The van der Waals surface area contributed by atoms with E-state index < -0.39 is 5.54 Å². The van der Waals surface area contributed by atoms with Crippen molar-refractivity contribution in [3.05, 3.63) is 46.0 Å². The first kappa shape index (κ1) is 14.5. The molecule has 0 aliphatic heterocycles. The first-order valence-electron chi connectivity index (χ1n) is 6.69. The number of amides is 1. The summed E-state index contributed by atoms with van der Waals surface area (Å²) in [6.07, 6.45) is 3.05. The first-order valence-corrected chi connectivity index (χ1v) is 7.57. The number of hydrogen-bond donors (Lipinski definition) is 1. The molecule has 3 heterocycles. The van der Waals surface area contributed by atoms with Gasteiger partial charge in [0, 0.05) is 29.9 Å². The Kier molecular flexibility index (Phi) is 3.32. The van der Waals surface area contributed by atoms with Crippen LogP contribution in [0.5, 0.6) is 0 Å². The summed E-state index contributed by atoms with van der Waals surface area (Å²) in [4.78, 5) is 32.9. The van der Waals surface area contributed by atoms with E-state index in [1.165, 1.54) is 28.1 Å². The Morgan fingerprint density at radius 2 is 2.05 bits per heavy atom. The van der Waals surface area contributed by atoms with Crippen molar-refractivity contribution in [2.45, 2.75) is 26.3 Å². The van der Waals surface area contributed by atoms with E-state index in [0.717, 1.165) is 0 Å². The summed E-state index contributed by atoms with van der Waals surface area (Å²) in [6.45, 7) is 5.77. The molecule has 3 aromatic heterocycles. The molecule has 0 aliphatic carbocycles. The number of aromatic nitrogens is 4. The summed E-state index contributed by atoms with van der Waals surface area (Å²) in [5.41, 5.74) is 0.0999. The maximum atomic E-state index is 12.6. The van der Waals surface area contributed by atoms with E-state index in [9.17, 15) is 9.59 Å². The van der Waals surface area contributed by atoms with Gasteiger partial charge in [-0.2, -0.15) is 4.52 Å². The number of thiazole rings is 1. The Morgan fingerprint density at radius 1 is 1.27 bits per heavy atom. The van der Waals surface area contributed by atoms with Crippen LogP contribution in [0.15, 0.2) is 34.7 Å². The molecule has 22 heavy (non-hydrogen) atoms. The SMILES string of the molecule is CC(C)(C)n1c(C(=O)Nc2nccs2)cc2nccc(=O)n21. The van der Waals surface area contributed by atoms with Crippen molar-refractivity contribution in [1.82, 2.24) is 19.2 Å². The molecular weight excluding hydrogens is 302 g/mol. The minimum Gasteiger partial charge on any atom is -0.297 e. The van der Waals surface area contributed by atoms with E-state index in [1.54, 1.807) is 22.3 Å². The molecule has 0 spiro atoms. The molecule has 0 radical (unpaired) electrons. The van der Waals surface area contributed by atoms with E-state index in [0.29, 0.717) is 16.5 Å². The van der Waals surface area contributed by atoms with Crippen LogP contribution in [-0.2, 0) is 5.54 Å². The summed E-state index contributed by atoms with van der Waals surface area (Å²) in [6, 6.07) is 2.98. The normalized spacial score (nSPS) is 11.8. The summed E-state index contributed by atoms with van der Waals surface area (Å²) >= 11 is 1.33. The fourth-order valence-electron chi connectivity index (χ4n) is 2.28. The average Bonchev–Trinajstić information content (AvgIpc) is 3.04. The van der Waals surface area contributed by atoms with E-state index in [4.69, 9.17) is 0 Å². The third kappa shape index (κ3) is 2.41. The molecule has 0 saturated carbocycles. The van der Waals surface area contributed by atoms with Gasteiger partial charge in [0.2, 0.25) is 0 Å². The molecule has 0 saturated heterocycles. The number of hydrogen-bond acceptors (Lipinski definition) is 5. The largest absolute Gasteiger partial charge is 0.297 e. The maximum absolute atomic E-state index is 12.6. The van der Waals surface area contributed by atoms with Gasteiger partial charge < -0.3 is 0 Å². The Morgan fingerprint density at radius 3 is 2.68 bits per heavy atom. The molecule has 3 rings (SSSR count). The Bertz CT molecular complexity index is 886. The molecule has 0 aliphatic rings. The molecule has 0 unspecified atom stereocenters. The third-order valence-corrected chi connectivity index (χ3v) is 3.75. The highest BCUT2D eigenvalue weighted by atomic mass is 32.1. The predicted octanol–water partition coefficient (Wildman–Crippen LogP) is 1.96. The standard InChI is InChI=1S/C14H15N5O2S/c1-14(2,3)19-9(12(21)17-13-16-6-7-22-13)8-10-15-5-4-11(20)18(10)19/h4-8H,1-3H3,(H,16,17,21). The number of anilines is 1. The zero-order valence-corrected chi connectivity index (χ0v) is 13.2. The zero-order chi connectivity index (χ0) is 15.9. The van der Waals surface area contributed by atoms with E-state index in [1.807, 2.05) is 20.8 Å². The fourth-order valence-corrected chi connectivity index (χ4v) is 2.80. The summed E-state index contributed by atoms with van der Waals surface area (Å²) in [5, 5.41) is 5.02. The fraction of sp³-hybridized carbons (Fsp3) is 0.286. The molecular formula is C14H15N5O2S. The van der Waals surface area contributed by atoms with Crippen molar-refractivity contribution in [3.8, 4) is 0 Å². The van der Waals surface area contributed by atoms with E-state index in [-0.39, 0.29) is 11.5 Å². The van der Waals surface area contributed by atoms with Gasteiger partial charge >= 0.3 is 0 Å². The van der Waals surface area contributed by atoms with Crippen molar-refractivity contribution >= 4 is 28.0 Å². The van der Waals surface area contributed by atoms with Crippen LogP contribution in [0.3, 0.4) is 0 Å². The molecule has 0 fully saturated rings. The Hall–Kier alpha value is -2.48. The quantitative estimate of drug-likeness (QED) is 0.783. The van der Waals surface area contributed by atoms with Crippen molar-refractivity contribution in [2.24, 2.45) is 0 Å². The lowest BCUT2D eigenvalue weighted by Gasteiger charge is -2.24. The van der Waals surface area contributed by atoms with Crippen LogP contribution in [0.1, 0.15) is 31.3 Å². The van der Waals surface area contributed by atoms with Crippen LogP contribution >= 0.6 is 11.3 Å². The summed E-state index contributed by atoms with van der Waals surface area (Å²) < 4.78 is 3.07. The molecule has 7 nitrogen and oxygen atoms in total. The second kappa shape index (κ2) is 5.06. The van der Waals surface area contributed by atoms with Crippen LogP contribution in [0.25, 0.3) is 5.65 Å². The van der Waals surface area contributed by atoms with Gasteiger partial charge in [0.05, 0.1) is 5.54 Å². The molecule has 0 aromatic carbocycles. The highest BCUT2D eigenvalue weighted by Crippen LogP contribution is 2.20. The van der Waals surface area contributed by atoms with Gasteiger partial charge in [-0.1, -0.05) is 0 Å². The molecule has 0 atom stereocenters. The molecule has 0 bridgehead atoms. The predicted molar refractivity (Wildman–Crippen MR) is 84.5 cm³/mol. The Labute approximate surface area is 130 Å². The van der Waals surface area contributed by atoms with Crippen LogP contribution in [0, 0.1) is 0 Å². The van der Waals surface area contributed by atoms with Crippen molar-refractivity contribution < 1.29 is 4.79 Å². The summed E-state index contributed by atoms with van der Waals surface area (Å²) in [7, 11) is 0. The number of nitrogens with one attached hydrogen (secondary N) is 1. The smallest absolute Gasteiger partial charge is 0.275 e. The van der Waals surface area contributed by atoms with Crippen LogP contribution in [0.4, 0.5) is 5.13 Å². The first-order chi connectivity index (χ1) is 10.4. The molecule has 3 aromatic rings. The Balaban J connectivity index is 2.19. The highest BCUT2D eigenvalue weighted by molar-refractivity contribution is 7.13. The number of carbonyl (C=O) groups excluding carboxylic acids is 1. The zero-order valence-electron chi connectivity index (χ0n) is 12.4. The van der Waals surface area contributed by atoms with Crippen LogP contribution in [-0.4, -0.2) is 25.1 Å². The summed E-state index contributed by atoms with van der Waals surface area (Å²) in [5.74, 6) is -0.324. The maximum Gasteiger partial charge on any atom is 0.275 e. The van der Waals surface area contributed by atoms with Gasteiger partial charge in [-0.15, -0.1) is 11.3 Å². The molecule has 1 amide bonds. The van der Waals surface area contributed by atoms with Crippen LogP contribution in [0.2, 0.25) is 0 Å². The number of rotatable bonds is 2. The second-order valence-corrected chi connectivity index (χ2v) is 6.65. The number of fused-ring (bicyclic) bond motifs is 1. The van der Waals surface area contributed by atoms with Gasteiger partial charge in [-0.25, -0.2) is 9.97 Å². The van der Waals surface area contributed by atoms with Crippen LogP contribution < -0.4 is 10.9 Å². The van der Waals surface area contributed by atoms with E-state index in [2.05, 4.69) is 15.3 Å². The number of nitrogens with zero attached hydrogens (tertiary/aromatic N) is 4. The lowest BCUT2D eigenvalue weighted by molar-refractivity contribution is 0.100. The van der Waals surface area contributed by atoms with E-state index >= 15 is 0 Å². The lowest BCUT2D eigenvalue weighted by atomic mass is 10.1. The molecule has 8 heteroatoms. The highest BCUT2D eigenvalue weighted by Gasteiger charge is 2.25. The van der Waals surface area contributed by atoms with Gasteiger partial charge in [-0.3, -0.25) is 19.6 Å². The lowest BCUT2D eigenvalue weighted by Crippen LogP contribution is -2.35. The van der Waals surface area contributed by atoms with Crippen molar-refractivity contribution in [1.29, 1.82) is 0 Å². The average molecular weight is 317 g/mol. The third-order valence-electron chi connectivity index (χ3n) is 3.06.